The van der Waals surface area contributed by atoms with Crippen molar-refractivity contribution < 1.29 is 9.18 Å². The summed E-state index contributed by atoms with van der Waals surface area (Å²) in [4.78, 5) is 20.8. The van der Waals surface area contributed by atoms with Gasteiger partial charge in [-0.15, -0.1) is 6.58 Å². The summed E-state index contributed by atoms with van der Waals surface area (Å²) >= 11 is 0. The number of fused-ring (bicyclic) bond motifs is 2. The maximum Gasteiger partial charge on any atom is 0.224 e. The van der Waals surface area contributed by atoms with Crippen LogP contribution in [0.25, 0.3) is 33.4 Å². The van der Waals surface area contributed by atoms with Crippen LogP contribution in [-0.4, -0.2) is 26.1 Å². The van der Waals surface area contributed by atoms with Gasteiger partial charge >= 0.3 is 0 Å². The van der Waals surface area contributed by atoms with Gasteiger partial charge in [-0.3, -0.25) is 14.9 Å². The Hall–Kier alpha value is -4.78. The second-order valence-corrected chi connectivity index (χ2v) is 11.8. The molecule has 6 nitrogen and oxygen atoms in total. The quantitative estimate of drug-likeness (QED) is 0.150. The van der Waals surface area contributed by atoms with E-state index >= 15 is 0 Å². The molecule has 0 spiro atoms. The van der Waals surface area contributed by atoms with Crippen molar-refractivity contribution in [3.63, 3.8) is 0 Å². The number of amides is 1. The highest BCUT2D eigenvalue weighted by atomic mass is 19.1. The van der Waals surface area contributed by atoms with E-state index in [0.717, 1.165) is 68.1 Å². The molecule has 3 N–H and O–H groups in total. The number of aromatic amines is 2. The van der Waals surface area contributed by atoms with Gasteiger partial charge in [0.2, 0.25) is 5.91 Å². The molecule has 7 heteroatoms. The Morgan fingerprint density at radius 2 is 1.98 bits per heavy atom. The van der Waals surface area contributed by atoms with Crippen LogP contribution in [0.4, 0.5) is 4.39 Å². The lowest BCUT2D eigenvalue weighted by molar-refractivity contribution is -0.122. The molecule has 1 aliphatic rings. The van der Waals surface area contributed by atoms with Crippen molar-refractivity contribution in [2.24, 2.45) is 5.41 Å². The molecule has 214 valence electrons. The summed E-state index contributed by atoms with van der Waals surface area (Å²) in [6, 6.07) is 10.7. The van der Waals surface area contributed by atoms with Gasteiger partial charge < -0.3 is 10.3 Å². The number of H-pyrrole nitrogens is 2. The summed E-state index contributed by atoms with van der Waals surface area (Å²) < 4.78 is 13.6. The summed E-state index contributed by atoms with van der Waals surface area (Å²) in [5.41, 5.74) is 8.86. The third-order valence-corrected chi connectivity index (χ3v) is 6.97. The lowest BCUT2D eigenvalue weighted by Crippen LogP contribution is -2.26. The zero-order valence-electron chi connectivity index (χ0n) is 24.5. The van der Waals surface area contributed by atoms with Crippen LogP contribution >= 0.6 is 0 Å². The first-order chi connectivity index (χ1) is 20.1. The fraction of sp³-hybridized carbons (Fsp3) is 0.229. The number of rotatable bonds is 8. The molecule has 0 radical (unpaired) electrons. The molecule has 3 heterocycles. The zero-order valence-corrected chi connectivity index (χ0v) is 24.5. The number of hydrogen-bond donors (Lipinski definition) is 3. The van der Waals surface area contributed by atoms with Gasteiger partial charge in [0.1, 0.15) is 11.5 Å². The molecule has 1 amide bonds. The Morgan fingerprint density at radius 3 is 2.71 bits per heavy atom. The van der Waals surface area contributed by atoms with E-state index < -0.39 is 0 Å². The Kier molecular flexibility index (Phi) is 8.20. The summed E-state index contributed by atoms with van der Waals surface area (Å²) in [6.45, 7) is 11.9. The van der Waals surface area contributed by atoms with Gasteiger partial charge in [0, 0.05) is 35.2 Å². The van der Waals surface area contributed by atoms with Crippen LogP contribution in [0, 0.1) is 11.2 Å². The lowest BCUT2D eigenvalue weighted by atomic mass is 9.92. The van der Waals surface area contributed by atoms with E-state index in [-0.39, 0.29) is 17.1 Å². The number of halogens is 1. The highest BCUT2D eigenvalue weighted by Gasteiger charge is 2.20. The minimum atomic E-state index is -0.260. The van der Waals surface area contributed by atoms with Gasteiger partial charge in [0.15, 0.2) is 0 Å². The standard InChI is InChI=1S/C35H36FN5O/c1-6-7-10-24(17-22(2)38-33(42)20-35(3,4)5)30-19-28-32(21-37-30)40-41-34(28)31-18-27-26(11-8-9-12-29(27)39-31)23-13-15-25(36)16-14-23/h6,8-11,13-19,21,39H,1,7,12,20H2,2-5H3,(H,38,42)(H,40,41)/b22-17+,24-10+. The van der Waals surface area contributed by atoms with E-state index in [0.29, 0.717) is 12.8 Å². The smallest absolute Gasteiger partial charge is 0.224 e. The molecule has 0 saturated heterocycles. The van der Waals surface area contributed by atoms with E-state index in [2.05, 4.69) is 45.3 Å². The molecule has 1 aliphatic carbocycles. The number of carbonyl (C=O) groups is 1. The van der Waals surface area contributed by atoms with E-state index in [1.807, 2.05) is 58.1 Å². The predicted octanol–water partition coefficient (Wildman–Crippen LogP) is 8.05. The Labute approximate surface area is 245 Å². The number of nitrogens with one attached hydrogen (secondary N) is 3. The van der Waals surface area contributed by atoms with Crippen LogP contribution in [0.3, 0.4) is 0 Å². The van der Waals surface area contributed by atoms with Crippen molar-refractivity contribution in [2.75, 3.05) is 0 Å². The Morgan fingerprint density at radius 1 is 1.19 bits per heavy atom. The number of nitrogens with zero attached hydrogens (tertiary/aromatic N) is 2. The van der Waals surface area contributed by atoms with Crippen molar-refractivity contribution >= 4 is 28.0 Å². The van der Waals surface area contributed by atoms with E-state index in [4.69, 9.17) is 4.98 Å². The minimum Gasteiger partial charge on any atom is -0.356 e. The van der Waals surface area contributed by atoms with Crippen LogP contribution in [0.5, 0.6) is 0 Å². The van der Waals surface area contributed by atoms with Crippen LogP contribution in [0.15, 0.2) is 91.3 Å². The maximum absolute atomic E-state index is 13.6. The van der Waals surface area contributed by atoms with E-state index in [1.165, 1.54) is 12.1 Å². The second-order valence-electron chi connectivity index (χ2n) is 11.8. The molecule has 3 aromatic heterocycles. The number of carbonyl (C=O) groups excluding carboxylic acids is 1. The molecule has 1 aromatic carbocycles. The molecule has 0 fully saturated rings. The highest BCUT2D eigenvalue weighted by Crippen LogP contribution is 2.35. The lowest BCUT2D eigenvalue weighted by Gasteiger charge is -2.17. The molecule has 5 rings (SSSR count). The summed E-state index contributed by atoms with van der Waals surface area (Å²) in [6.07, 6.45) is 15.6. The van der Waals surface area contributed by atoms with Gasteiger partial charge in [0.05, 0.1) is 23.1 Å². The normalized spacial score (nSPS) is 14.0. The fourth-order valence-corrected chi connectivity index (χ4v) is 5.09. The fourth-order valence-electron chi connectivity index (χ4n) is 5.09. The van der Waals surface area contributed by atoms with Crippen molar-refractivity contribution in [1.29, 1.82) is 0 Å². The minimum absolute atomic E-state index is 0.0183. The number of allylic oxidation sites excluding steroid dienone is 8. The molecule has 42 heavy (non-hydrogen) atoms. The molecular formula is C35H36FN5O. The third-order valence-electron chi connectivity index (χ3n) is 6.97. The monoisotopic (exact) mass is 561 g/mol. The summed E-state index contributed by atoms with van der Waals surface area (Å²) in [5.74, 6) is -0.278. The van der Waals surface area contributed by atoms with Crippen LogP contribution in [0.2, 0.25) is 0 Å². The van der Waals surface area contributed by atoms with Crippen LogP contribution < -0.4 is 5.32 Å². The Bertz CT molecular complexity index is 1760. The number of hydrogen-bond acceptors (Lipinski definition) is 3. The topological polar surface area (TPSA) is 86.5 Å². The van der Waals surface area contributed by atoms with Crippen molar-refractivity contribution in [3.05, 3.63) is 120 Å². The predicted molar refractivity (Wildman–Crippen MR) is 169 cm³/mol. The molecule has 0 bridgehead atoms. The molecule has 0 atom stereocenters. The molecular weight excluding hydrogens is 525 g/mol. The molecule has 0 unspecified atom stereocenters. The van der Waals surface area contributed by atoms with Crippen LogP contribution in [0.1, 0.15) is 63.1 Å². The van der Waals surface area contributed by atoms with Crippen LogP contribution in [-0.2, 0) is 11.2 Å². The number of pyridine rings is 1. The third kappa shape index (κ3) is 6.57. The number of aromatic nitrogens is 4. The van der Waals surface area contributed by atoms with Crippen molar-refractivity contribution in [1.82, 2.24) is 25.5 Å². The highest BCUT2D eigenvalue weighted by molar-refractivity contribution is 5.95. The van der Waals surface area contributed by atoms with Crippen molar-refractivity contribution in [3.8, 4) is 11.4 Å². The number of benzene rings is 1. The van der Waals surface area contributed by atoms with Gasteiger partial charge in [0.25, 0.3) is 0 Å². The summed E-state index contributed by atoms with van der Waals surface area (Å²) in [7, 11) is 0. The van der Waals surface area contributed by atoms with Gasteiger partial charge in [-0.2, -0.15) is 5.10 Å². The molecule has 4 aromatic rings. The van der Waals surface area contributed by atoms with Gasteiger partial charge in [-0.1, -0.05) is 63.3 Å². The first kappa shape index (κ1) is 28.7. The molecule has 0 aliphatic heterocycles. The largest absolute Gasteiger partial charge is 0.356 e. The maximum atomic E-state index is 13.6. The van der Waals surface area contributed by atoms with E-state index in [1.54, 1.807) is 18.3 Å². The second kappa shape index (κ2) is 12.0. The zero-order chi connectivity index (χ0) is 29.9. The summed E-state index contributed by atoms with van der Waals surface area (Å²) in [5, 5.41) is 11.7. The van der Waals surface area contributed by atoms with Gasteiger partial charge in [-0.05, 0) is 65.8 Å². The van der Waals surface area contributed by atoms with Crippen molar-refractivity contribution in [2.45, 2.75) is 47.0 Å². The van der Waals surface area contributed by atoms with E-state index in [9.17, 15) is 9.18 Å². The molecule has 0 saturated carbocycles. The first-order valence-electron chi connectivity index (χ1n) is 14.1. The SMILES string of the molecule is C=CC/C=C(\C=C(/C)NC(=O)CC(C)(C)C)c1cc2c(-c3cc4c([nH]3)CC=CC=C4c3ccc(F)cc3)n[nH]c2cn1. The average Bonchev–Trinajstić information content (AvgIpc) is 3.49. The Balaban J connectivity index is 1.51. The average molecular weight is 562 g/mol. The first-order valence-corrected chi connectivity index (χ1v) is 14.1. The van der Waals surface area contributed by atoms with Gasteiger partial charge in [-0.25, -0.2) is 4.39 Å².